The fourth-order valence-corrected chi connectivity index (χ4v) is 2.12. The second-order valence-corrected chi connectivity index (χ2v) is 4.80. The maximum Gasteiger partial charge on any atom is 0.254 e. The molecule has 2 rings (SSSR count). The van der Waals surface area contributed by atoms with Crippen molar-refractivity contribution in [2.45, 2.75) is 32.2 Å². The number of hydrogen-bond acceptors (Lipinski definition) is 2. The normalized spacial score (nSPS) is 19.5. The van der Waals surface area contributed by atoms with Crippen LogP contribution in [0.4, 0.5) is 4.39 Å². The van der Waals surface area contributed by atoms with Crippen molar-refractivity contribution in [1.29, 1.82) is 0 Å². The van der Waals surface area contributed by atoms with E-state index in [-0.39, 0.29) is 11.5 Å². The van der Waals surface area contributed by atoms with E-state index in [0.29, 0.717) is 13.0 Å². The number of carbonyl (C=O) groups excluding carboxylic acids is 2. The first-order valence-electron chi connectivity index (χ1n) is 6.42. The Morgan fingerprint density at radius 1 is 1.42 bits per heavy atom. The lowest BCUT2D eigenvalue weighted by atomic mass is 10.1. The van der Waals surface area contributed by atoms with E-state index >= 15 is 0 Å². The third-order valence-electron chi connectivity index (χ3n) is 3.21. The van der Waals surface area contributed by atoms with E-state index in [1.54, 1.807) is 13.0 Å². The molecule has 1 aliphatic heterocycles. The van der Waals surface area contributed by atoms with E-state index in [2.05, 4.69) is 10.6 Å². The molecule has 102 valence electrons. The average Bonchev–Trinajstić information content (AvgIpc) is 2.55. The van der Waals surface area contributed by atoms with Crippen molar-refractivity contribution >= 4 is 11.8 Å². The minimum Gasteiger partial charge on any atom is -0.354 e. The van der Waals surface area contributed by atoms with Gasteiger partial charge in [0, 0.05) is 6.54 Å². The van der Waals surface area contributed by atoms with Crippen LogP contribution >= 0.6 is 0 Å². The van der Waals surface area contributed by atoms with Gasteiger partial charge in [-0.2, -0.15) is 0 Å². The highest BCUT2D eigenvalue weighted by atomic mass is 19.1. The third-order valence-corrected chi connectivity index (χ3v) is 3.21. The molecule has 2 N–H and O–H groups in total. The summed E-state index contributed by atoms with van der Waals surface area (Å²) in [7, 11) is 0. The molecule has 0 radical (unpaired) electrons. The van der Waals surface area contributed by atoms with Crippen molar-refractivity contribution in [2.24, 2.45) is 0 Å². The Labute approximate surface area is 111 Å². The lowest BCUT2D eigenvalue weighted by Crippen LogP contribution is -2.45. The molecule has 1 atom stereocenters. The maximum atomic E-state index is 13.7. The molecule has 0 saturated carbocycles. The van der Waals surface area contributed by atoms with Crippen LogP contribution in [0.2, 0.25) is 0 Å². The molecule has 1 fully saturated rings. The van der Waals surface area contributed by atoms with Gasteiger partial charge in [-0.25, -0.2) is 4.39 Å². The van der Waals surface area contributed by atoms with Gasteiger partial charge in [0.1, 0.15) is 11.9 Å². The quantitative estimate of drug-likeness (QED) is 0.851. The number of aryl methyl sites for hydroxylation is 1. The Hall–Kier alpha value is -1.91. The van der Waals surface area contributed by atoms with Crippen LogP contribution in [0.25, 0.3) is 0 Å². The van der Waals surface area contributed by atoms with Gasteiger partial charge in [-0.3, -0.25) is 9.59 Å². The van der Waals surface area contributed by atoms with Crippen LogP contribution in [-0.4, -0.2) is 24.4 Å². The summed E-state index contributed by atoms with van der Waals surface area (Å²) in [5, 5.41) is 5.32. The highest BCUT2D eigenvalue weighted by Gasteiger charge is 2.23. The van der Waals surface area contributed by atoms with Crippen molar-refractivity contribution in [3.05, 3.63) is 35.1 Å². The first-order valence-corrected chi connectivity index (χ1v) is 6.42. The van der Waals surface area contributed by atoms with Crippen LogP contribution in [-0.2, 0) is 4.79 Å². The molecule has 1 aromatic rings. The molecule has 1 heterocycles. The zero-order chi connectivity index (χ0) is 13.8. The van der Waals surface area contributed by atoms with Crippen molar-refractivity contribution in [3.63, 3.8) is 0 Å². The van der Waals surface area contributed by atoms with Crippen molar-refractivity contribution in [1.82, 2.24) is 10.6 Å². The Balaban J connectivity index is 2.09. The maximum absolute atomic E-state index is 13.7. The van der Waals surface area contributed by atoms with Crippen LogP contribution in [0.1, 0.15) is 35.2 Å². The average molecular weight is 264 g/mol. The SMILES string of the molecule is Cc1ccc(C(=O)NC2CCCCNC2=O)c(F)c1. The van der Waals surface area contributed by atoms with Gasteiger partial charge in [-0.1, -0.05) is 6.07 Å². The molecule has 0 spiro atoms. The number of hydrogen-bond donors (Lipinski definition) is 2. The van der Waals surface area contributed by atoms with Crippen molar-refractivity contribution in [2.75, 3.05) is 6.54 Å². The fourth-order valence-electron chi connectivity index (χ4n) is 2.12. The number of halogens is 1. The fraction of sp³-hybridized carbons (Fsp3) is 0.429. The first-order chi connectivity index (χ1) is 9.08. The van der Waals surface area contributed by atoms with E-state index < -0.39 is 17.8 Å². The molecule has 19 heavy (non-hydrogen) atoms. The van der Waals surface area contributed by atoms with Crippen molar-refractivity contribution < 1.29 is 14.0 Å². The Kier molecular flexibility index (Phi) is 4.14. The lowest BCUT2D eigenvalue weighted by molar-refractivity contribution is -0.122. The zero-order valence-corrected chi connectivity index (χ0v) is 10.8. The number of rotatable bonds is 2. The Bertz CT molecular complexity index is 502. The van der Waals surface area contributed by atoms with Gasteiger partial charge < -0.3 is 10.6 Å². The van der Waals surface area contributed by atoms with E-state index in [1.165, 1.54) is 12.1 Å². The predicted molar refractivity (Wildman–Crippen MR) is 69.3 cm³/mol. The van der Waals surface area contributed by atoms with Gasteiger partial charge in [0.05, 0.1) is 5.56 Å². The standard InChI is InChI=1S/C14H17FN2O2/c1-9-5-6-10(11(15)8-9)13(18)17-12-4-2-3-7-16-14(12)19/h5-6,8,12H,2-4,7H2,1H3,(H,16,19)(H,17,18). The Morgan fingerprint density at radius 3 is 2.95 bits per heavy atom. The summed E-state index contributed by atoms with van der Waals surface area (Å²) in [5.74, 6) is -1.30. The molecule has 1 unspecified atom stereocenters. The summed E-state index contributed by atoms with van der Waals surface area (Å²) < 4.78 is 13.7. The minimum absolute atomic E-state index is 0.0253. The summed E-state index contributed by atoms with van der Waals surface area (Å²) >= 11 is 0. The summed E-state index contributed by atoms with van der Waals surface area (Å²) in [6, 6.07) is 3.85. The smallest absolute Gasteiger partial charge is 0.254 e. The number of nitrogens with one attached hydrogen (secondary N) is 2. The first kappa shape index (κ1) is 13.5. The largest absolute Gasteiger partial charge is 0.354 e. The molecule has 0 aromatic heterocycles. The second kappa shape index (κ2) is 5.82. The van der Waals surface area contributed by atoms with E-state index in [4.69, 9.17) is 0 Å². The molecule has 1 aromatic carbocycles. The van der Waals surface area contributed by atoms with Gasteiger partial charge in [-0.05, 0) is 43.9 Å². The molecule has 5 heteroatoms. The molecule has 0 bridgehead atoms. The van der Waals surface area contributed by atoms with Crippen LogP contribution in [0.3, 0.4) is 0 Å². The van der Waals surface area contributed by atoms with Gasteiger partial charge in [0.2, 0.25) is 5.91 Å². The minimum atomic E-state index is -0.573. The monoisotopic (exact) mass is 264 g/mol. The second-order valence-electron chi connectivity index (χ2n) is 4.80. The number of benzene rings is 1. The van der Waals surface area contributed by atoms with Crippen LogP contribution in [0, 0.1) is 12.7 Å². The topological polar surface area (TPSA) is 58.2 Å². The van der Waals surface area contributed by atoms with Gasteiger partial charge in [0.15, 0.2) is 0 Å². The Morgan fingerprint density at radius 2 is 2.21 bits per heavy atom. The van der Waals surface area contributed by atoms with E-state index in [1.807, 2.05) is 0 Å². The lowest BCUT2D eigenvalue weighted by Gasteiger charge is -2.15. The molecular weight excluding hydrogens is 247 g/mol. The predicted octanol–water partition coefficient (Wildman–Crippen LogP) is 1.53. The van der Waals surface area contributed by atoms with Crippen LogP contribution in [0.15, 0.2) is 18.2 Å². The van der Waals surface area contributed by atoms with Gasteiger partial charge in [-0.15, -0.1) is 0 Å². The van der Waals surface area contributed by atoms with E-state index in [0.717, 1.165) is 18.4 Å². The highest BCUT2D eigenvalue weighted by molar-refractivity contribution is 5.97. The van der Waals surface area contributed by atoms with Crippen LogP contribution < -0.4 is 10.6 Å². The van der Waals surface area contributed by atoms with Crippen LogP contribution in [0.5, 0.6) is 0 Å². The summed E-state index contributed by atoms with van der Waals surface area (Å²) in [4.78, 5) is 23.7. The van der Waals surface area contributed by atoms with E-state index in [9.17, 15) is 14.0 Å². The summed E-state index contributed by atoms with van der Waals surface area (Å²) in [6.07, 6.45) is 2.35. The molecule has 0 aliphatic carbocycles. The van der Waals surface area contributed by atoms with Crippen molar-refractivity contribution in [3.8, 4) is 0 Å². The third kappa shape index (κ3) is 3.30. The molecule has 1 aliphatic rings. The number of amides is 2. The highest BCUT2D eigenvalue weighted by Crippen LogP contribution is 2.11. The number of carbonyl (C=O) groups is 2. The summed E-state index contributed by atoms with van der Waals surface area (Å²) in [6.45, 7) is 2.38. The molecule has 2 amide bonds. The molecular formula is C14H17FN2O2. The zero-order valence-electron chi connectivity index (χ0n) is 10.8. The summed E-state index contributed by atoms with van der Waals surface area (Å²) in [5.41, 5.74) is 0.726. The molecule has 4 nitrogen and oxygen atoms in total. The van der Waals surface area contributed by atoms with Gasteiger partial charge in [0.25, 0.3) is 5.91 Å². The van der Waals surface area contributed by atoms with Gasteiger partial charge >= 0.3 is 0 Å². The molecule has 1 saturated heterocycles.